The Morgan fingerprint density at radius 3 is 2.13 bits per heavy atom. The minimum absolute atomic E-state index is 0.589. The van der Waals surface area contributed by atoms with Crippen molar-refractivity contribution in [2.24, 2.45) is 0 Å². The molecule has 0 N–H and O–H groups in total. The monoisotopic (exact) mass is 329 g/mol. The molecule has 1 nitrogen and oxygen atoms in total. The van der Waals surface area contributed by atoms with Crippen molar-refractivity contribution in [3.05, 3.63) is 35.4 Å². The fourth-order valence-electron chi connectivity index (χ4n) is 1.14. The highest BCUT2D eigenvalue weighted by Gasteiger charge is 2.29. The Kier molecular flexibility index (Phi) is 4.39. The van der Waals surface area contributed by atoms with Crippen LogP contribution in [0.1, 0.15) is 11.1 Å². The van der Waals surface area contributed by atoms with E-state index in [1.165, 1.54) is 12.1 Å². The third-order valence-corrected chi connectivity index (χ3v) is 2.47. The summed E-state index contributed by atoms with van der Waals surface area (Å²) in [6.07, 6.45) is -3.48. The number of rotatable bonds is 3. The van der Waals surface area contributed by atoms with Crippen molar-refractivity contribution in [1.82, 2.24) is 3.11 Å². The third-order valence-electron chi connectivity index (χ3n) is 1.99. The minimum atomic E-state index is -4.24. The molecule has 1 aromatic carbocycles. The average Bonchev–Trinajstić information content (AvgIpc) is 2.14. The van der Waals surface area contributed by atoms with Crippen molar-refractivity contribution in [3.8, 4) is 0 Å². The van der Waals surface area contributed by atoms with Gasteiger partial charge < -0.3 is 0 Å². The molecule has 0 aromatic heterocycles. The summed E-state index contributed by atoms with van der Waals surface area (Å²) in [7, 11) is 1.92. The summed E-state index contributed by atoms with van der Waals surface area (Å²) in [6, 6.07) is 5.32. The predicted octanol–water partition coefficient (Wildman–Crippen LogP) is 3.53. The summed E-state index contributed by atoms with van der Waals surface area (Å²) in [6.45, 7) is 0.825. The first-order valence-corrected chi connectivity index (χ1v) is 5.39. The van der Waals surface area contributed by atoms with E-state index in [4.69, 9.17) is 0 Å². The molecule has 0 aliphatic rings. The van der Waals surface area contributed by atoms with Crippen LogP contribution in [0.3, 0.4) is 0 Å². The molecule has 15 heavy (non-hydrogen) atoms. The number of hydrogen-bond donors (Lipinski definition) is 0. The van der Waals surface area contributed by atoms with Crippen LogP contribution in [0.25, 0.3) is 0 Å². The maximum atomic E-state index is 12.2. The van der Waals surface area contributed by atoms with Gasteiger partial charge in [-0.1, -0.05) is 12.1 Å². The Morgan fingerprint density at radius 2 is 1.73 bits per heavy atom. The molecule has 0 saturated heterocycles. The molecule has 0 aliphatic carbocycles. The van der Waals surface area contributed by atoms with Gasteiger partial charge in [-0.2, -0.15) is 13.2 Å². The van der Waals surface area contributed by atoms with E-state index in [1.807, 2.05) is 10.2 Å². The van der Waals surface area contributed by atoms with E-state index in [0.29, 0.717) is 0 Å². The van der Waals surface area contributed by atoms with Gasteiger partial charge in [0, 0.05) is 29.4 Å². The average molecular weight is 329 g/mol. The van der Waals surface area contributed by atoms with Gasteiger partial charge in [0.05, 0.1) is 5.56 Å². The zero-order chi connectivity index (χ0) is 11.5. The summed E-state index contributed by atoms with van der Waals surface area (Å²) >= 11 is 2.14. The fraction of sp³-hybridized carbons (Fsp3) is 0.400. The second kappa shape index (κ2) is 5.16. The lowest BCUT2D eigenvalue weighted by atomic mass is 10.1. The summed E-state index contributed by atoms with van der Waals surface area (Å²) < 4.78 is 38.6. The Bertz CT molecular complexity index is 305. The molecule has 0 atom stereocenters. The van der Waals surface area contributed by atoms with Crippen LogP contribution in [0.5, 0.6) is 0 Å². The summed E-state index contributed by atoms with van der Waals surface area (Å²) in [5.41, 5.74) is 0.334. The van der Waals surface area contributed by atoms with E-state index in [-0.39, 0.29) is 0 Å². The van der Waals surface area contributed by atoms with Crippen molar-refractivity contribution < 1.29 is 13.2 Å². The molecule has 0 heterocycles. The molecule has 0 amide bonds. The van der Waals surface area contributed by atoms with Gasteiger partial charge in [0.25, 0.3) is 0 Å². The lowest BCUT2D eigenvalue weighted by Crippen LogP contribution is -2.09. The number of hydrogen-bond acceptors (Lipinski definition) is 1. The number of alkyl halides is 3. The second-order valence-corrected chi connectivity index (χ2v) is 4.92. The van der Waals surface area contributed by atoms with Crippen LogP contribution < -0.4 is 0 Å². The summed E-state index contributed by atoms with van der Waals surface area (Å²) in [5, 5.41) is 0. The first-order chi connectivity index (χ1) is 6.89. The number of halogens is 4. The summed E-state index contributed by atoms with van der Waals surface area (Å²) in [4.78, 5) is 0. The molecular weight excluding hydrogens is 318 g/mol. The van der Waals surface area contributed by atoms with Gasteiger partial charge in [-0.05, 0) is 31.2 Å². The highest BCUT2D eigenvalue weighted by molar-refractivity contribution is 14.1. The van der Waals surface area contributed by atoms with Crippen LogP contribution in [0.2, 0.25) is 0 Å². The lowest BCUT2D eigenvalue weighted by Gasteiger charge is -2.09. The van der Waals surface area contributed by atoms with E-state index >= 15 is 0 Å². The zero-order valence-corrected chi connectivity index (χ0v) is 10.3. The van der Waals surface area contributed by atoms with Crippen molar-refractivity contribution >= 4 is 22.9 Å². The van der Waals surface area contributed by atoms with Crippen molar-refractivity contribution in [2.75, 3.05) is 13.6 Å². The van der Waals surface area contributed by atoms with Crippen molar-refractivity contribution in [2.45, 2.75) is 12.6 Å². The van der Waals surface area contributed by atoms with Crippen LogP contribution in [-0.2, 0) is 12.6 Å². The van der Waals surface area contributed by atoms with Crippen molar-refractivity contribution in [1.29, 1.82) is 0 Å². The largest absolute Gasteiger partial charge is 0.416 e. The van der Waals surface area contributed by atoms with E-state index in [2.05, 4.69) is 22.9 Å². The molecule has 0 saturated carbocycles. The van der Waals surface area contributed by atoms with Crippen LogP contribution in [0, 0.1) is 0 Å². The number of nitrogens with zero attached hydrogens (tertiary/aromatic N) is 1. The van der Waals surface area contributed by atoms with E-state index in [0.717, 1.165) is 30.7 Å². The van der Waals surface area contributed by atoms with Gasteiger partial charge in [0.1, 0.15) is 0 Å². The molecule has 0 fully saturated rings. The highest BCUT2D eigenvalue weighted by Crippen LogP contribution is 2.29. The summed E-state index contributed by atoms with van der Waals surface area (Å²) in [5.74, 6) is 0. The Morgan fingerprint density at radius 1 is 1.20 bits per heavy atom. The molecule has 1 aromatic rings. The Hall–Kier alpha value is -0.300. The van der Waals surface area contributed by atoms with Crippen LogP contribution in [-0.4, -0.2) is 16.7 Å². The molecule has 5 heteroatoms. The first kappa shape index (κ1) is 12.8. The van der Waals surface area contributed by atoms with Gasteiger partial charge in [-0.3, -0.25) is 3.11 Å². The van der Waals surface area contributed by atoms with Gasteiger partial charge in [0.15, 0.2) is 0 Å². The standard InChI is InChI=1S/C10H11F3IN/c1-15(14)7-6-8-2-4-9(5-3-8)10(11,12)13/h2-5H,6-7H2,1H3. The van der Waals surface area contributed by atoms with Gasteiger partial charge in [-0.25, -0.2) is 0 Å². The number of benzene rings is 1. The molecule has 84 valence electrons. The van der Waals surface area contributed by atoms with Crippen molar-refractivity contribution in [3.63, 3.8) is 0 Å². The number of likely N-dealkylation sites (N-methyl/N-ethyl adjacent to an activating group) is 1. The molecule has 0 spiro atoms. The van der Waals surface area contributed by atoms with E-state index < -0.39 is 11.7 Å². The maximum Gasteiger partial charge on any atom is 0.416 e. The van der Waals surface area contributed by atoms with Crippen LogP contribution >= 0.6 is 22.9 Å². The topological polar surface area (TPSA) is 3.24 Å². The Labute approximate surface area is 101 Å². The quantitative estimate of drug-likeness (QED) is 0.606. The first-order valence-electron chi connectivity index (χ1n) is 4.42. The normalized spacial score (nSPS) is 12.1. The van der Waals surface area contributed by atoms with Gasteiger partial charge in [-0.15, -0.1) is 0 Å². The lowest BCUT2D eigenvalue weighted by molar-refractivity contribution is -0.137. The van der Waals surface area contributed by atoms with Gasteiger partial charge >= 0.3 is 6.18 Å². The molecule has 0 aliphatic heterocycles. The molecule has 0 unspecified atom stereocenters. The van der Waals surface area contributed by atoms with Crippen LogP contribution in [0.15, 0.2) is 24.3 Å². The van der Waals surface area contributed by atoms with Gasteiger partial charge in [0.2, 0.25) is 0 Å². The third kappa shape index (κ3) is 4.38. The second-order valence-electron chi connectivity index (χ2n) is 3.27. The molecular formula is C10H11F3IN. The zero-order valence-electron chi connectivity index (χ0n) is 8.18. The molecule has 0 radical (unpaired) electrons. The van der Waals surface area contributed by atoms with E-state index in [1.54, 1.807) is 0 Å². The predicted molar refractivity (Wildman–Crippen MR) is 61.8 cm³/mol. The smallest absolute Gasteiger partial charge is 0.250 e. The minimum Gasteiger partial charge on any atom is -0.250 e. The molecule has 0 bridgehead atoms. The Balaban J connectivity index is 2.65. The van der Waals surface area contributed by atoms with E-state index in [9.17, 15) is 13.2 Å². The fourth-order valence-corrected chi connectivity index (χ4v) is 1.38. The molecule has 1 rings (SSSR count). The highest BCUT2D eigenvalue weighted by atomic mass is 127. The maximum absolute atomic E-state index is 12.2. The van der Waals surface area contributed by atoms with Crippen LogP contribution in [0.4, 0.5) is 13.2 Å². The SMILES string of the molecule is CN(I)CCc1ccc(C(F)(F)F)cc1.